The summed E-state index contributed by atoms with van der Waals surface area (Å²) in [7, 11) is 3.26. The number of amides is 2. The van der Waals surface area contributed by atoms with Crippen molar-refractivity contribution >= 4 is 11.8 Å². The van der Waals surface area contributed by atoms with Gasteiger partial charge in [-0.05, 0) is 37.7 Å². The average molecular weight is 477 g/mol. The molecule has 1 aliphatic heterocycles. The van der Waals surface area contributed by atoms with Gasteiger partial charge in [-0.1, -0.05) is 57.5 Å². The van der Waals surface area contributed by atoms with Crippen molar-refractivity contribution in [3.8, 4) is 0 Å². The summed E-state index contributed by atoms with van der Waals surface area (Å²) in [6.07, 6.45) is 2.59. The van der Waals surface area contributed by atoms with Crippen molar-refractivity contribution in [1.29, 1.82) is 0 Å². The number of carbonyl (C=O) groups is 2. The van der Waals surface area contributed by atoms with Gasteiger partial charge in [0.1, 0.15) is 0 Å². The molecule has 192 valence electrons. The van der Waals surface area contributed by atoms with Gasteiger partial charge in [0, 0.05) is 20.8 Å². The van der Waals surface area contributed by atoms with Crippen molar-refractivity contribution in [2.75, 3.05) is 20.8 Å². The second-order valence-electron chi connectivity index (χ2n) is 9.75. The highest BCUT2D eigenvalue weighted by Gasteiger charge is 2.40. The topological polar surface area (TPSA) is 88.1 Å². The predicted molar refractivity (Wildman–Crippen MR) is 133 cm³/mol. The third-order valence-electron chi connectivity index (χ3n) is 7.26. The van der Waals surface area contributed by atoms with Crippen LogP contribution in [0.4, 0.5) is 0 Å². The number of aliphatic hydroxyl groups excluding tert-OH is 1. The Kier molecular flexibility index (Phi) is 11.5. The second kappa shape index (κ2) is 13.8. The monoisotopic (exact) mass is 476 g/mol. The van der Waals surface area contributed by atoms with Crippen LogP contribution in [0.1, 0.15) is 71.5 Å². The molecule has 0 aliphatic carbocycles. The quantitative estimate of drug-likeness (QED) is 0.453. The van der Waals surface area contributed by atoms with Gasteiger partial charge in [0.05, 0.1) is 42.7 Å². The second-order valence-corrected chi connectivity index (χ2v) is 9.75. The van der Waals surface area contributed by atoms with Gasteiger partial charge in [0.25, 0.3) is 0 Å². The van der Waals surface area contributed by atoms with Crippen LogP contribution in [0.15, 0.2) is 30.3 Å². The lowest BCUT2D eigenvalue weighted by molar-refractivity contribution is -0.142. The lowest BCUT2D eigenvalue weighted by Gasteiger charge is -2.35. The number of methoxy groups -OCH3 is 2. The summed E-state index contributed by atoms with van der Waals surface area (Å²) in [4.78, 5) is 28.1. The normalized spacial score (nSPS) is 21.4. The van der Waals surface area contributed by atoms with Crippen LogP contribution < -0.4 is 5.32 Å². The Bertz CT molecular complexity index is 759. The molecule has 1 aromatic rings. The number of benzene rings is 1. The van der Waals surface area contributed by atoms with Crippen molar-refractivity contribution in [3.63, 3.8) is 0 Å². The lowest BCUT2D eigenvalue weighted by atomic mass is 9.93. The van der Waals surface area contributed by atoms with Gasteiger partial charge in [-0.15, -0.1) is 0 Å². The maximum Gasteiger partial charge on any atom is 0.225 e. The van der Waals surface area contributed by atoms with Crippen LogP contribution in [0, 0.1) is 11.8 Å². The van der Waals surface area contributed by atoms with Crippen molar-refractivity contribution in [1.82, 2.24) is 10.2 Å². The number of ether oxygens (including phenoxy) is 2. The number of aliphatic hydroxyl groups is 1. The fourth-order valence-corrected chi connectivity index (χ4v) is 4.85. The number of nitrogens with zero attached hydrogens (tertiary/aromatic N) is 1. The van der Waals surface area contributed by atoms with E-state index in [2.05, 4.69) is 19.2 Å². The molecule has 1 saturated heterocycles. The largest absolute Gasteiger partial charge is 0.386 e. The van der Waals surface area contributed by atoms with Gasteiger partial charge < -0.3 is 24.8 Å². The molecule has 1 heterocycles. The predicted octanol–water partition coefficient (Wildman–Crippen LogP) is 3.71. The summed E-state index contributed by atoms with van der Waals surface area (Å²) in [5.41, 5.74) is 0.754. The standard InChI is InChI=1S/C27H44N2O5/c1-7-18(2)16-22(33-5)17-24(30)29-15-11-14-23(29)26(34-6)19(3)27(32)28-20(4)25(31)21-12-9-8-10-13-21/h8-10,12-13,18-20,22-23,25-26,31H,7,11,14-17H2,1-6H3,(H,28,32)/t18-,19+,20+,22-,23-,25-,26+/m0/s1. The van der Waals surface area contributed by atoms with Crippen LogP contribution in [0.25, 0.3) is 0 Å². The molecule has 7 nitrogen and oxygen atoms in total. The maximum atomic E-state index is 13.2. The molecule has 0 bridgehead atoms. The maximum absolute atomic E-state index is 13.2. The first-order valence-electron chi connectivity index (χ1n) is 12.6. The average Bonchev–Trinajstić information content (AvgIpc) is 3.33. The van der Waals surface area contributed by atoms with Crippen molar-refractivity contribution in [2.24, 2.45) is 11.8 Å². The van der Waals surface area contributed by atoms with E-state index in [4.69, 9.17) is 9.47 Å². The number of hydrogen-bond donors (Lipinski definition) is 2. The smallest absolute Gasteiger partial charge is 0.225 e. The Morgan fingerprint density at radius 3 is 2.41 bits per heavy atom. The Balaban J connectivity index is 2.02. The van der Waals surface area contributed by atoms with Crippen LogP contribution >= 0.6 is 0 Å². The number of hydrogen-bond acceptors (Lipinski definition) is 5. The zero-order valence-corrected chi connectivity index (χ0v) is 21.7. The van der Waals surface area contributed by atoms with Crippen molar-refractivity contribution in [3.05, 3.63) is 35.9 Å². The first-order chi connectivity index (χ1) is 16.2. The zero-order chi connectivity index (χ0) is 25.3. The highest BCUT2D eigenvalue weighted by molar-refractivity contribution is 5.80. The number of carbonyl (C=O) groups excluding carboxylic acids is 2. The van der Waals surface area contributed by atoms with Crippen LogP contribution in [-0.4, -0.2) is 66.9 Å². The zero-order valence-electron chi connectivity index (χ0n) is 21.7. The summed E-state index contributed by atoms with van der Waals surface area (Å²) in [5, 5.41) is 13.6. The summed E-state index contributed by atoms with van der Waals surface area (Å²) >= 11 is 0. The fraction of sp³-hybridized carbons (Fsp3) is 0.704. The molecular formula is C27H44N2O5. The van der Waals surface area contributed by atoms with Crippen molar-refractivity contribution < 1.29 is 24.2 Å². The van der Waals surface area contributed by atoms with Crippen LogP contribution in [0.3, 0.4) is 0 Å². The van der Waals surface area contributed by atoms with E-state index in [0.29, 0.717) is 18.9 Å². The van der Waals surface area contributed by atoms with E-state index < -0.39 is 24.2 Å². The Morgan fingerprint density at radius 2 is 1.82 bits per heavy atom. The molecule has 1 fully saturated rings. The Morgan fingerprint density at radius 1 is 1.15 bits per heavy atom. The van der Waals surface area contributed by atoms with Crippen LogP contribution in [-0.2, 0) is 19.1 Å². The van der Waals surface area contributed by atoms with Crippen LogP contribution in [0.2, 0.25) is 0 Å². The lowest BCUT2D eigenvalue weighted by Crippen LogP contribution is -2.51. The molecule has 0 aromatic heterocycles. The molecule has 2 rings (SSSR count). The van der Waals surface area contributed by atoms with E-state index in [9.17, 15) is 14.7 Å². The minimum Gasteiger partial charge on any atom is -0.386 e. The molecular weight excluding hydrogens is 432 g/mol. The van der Waals surface area contributed by atoms with E-state index in [1.807, 2.05) is 42.2 Å². The minimum absolute atomic E-state index is 0.0557. The molecule has 0 spiro atoms. The Hall–Kier alpha value is -1.96. The SMILES string of the molecule is CC[C@H](C)C[C@@H](CC(=O)N1CCC[C@H]1[C@H](OC)[C@@H](C)C(=O)N[C@H](C)[C@H](O)c1ccccc1)OC. The van der Waals surface area contributed by atoms with Gasteiger partial charge in [-0.2, -0.15) is 0 Å². The molecule has 2 N–H and O–H groups in total. The Labute approximate surface area is 205 Å². The molecule has 0 radical (unpaired) electrons. The fourth-order valence-electron chi connectivity index (χ4n) is 4.85. The number of rotatable bonds is 13. The van der Waals surface area contributed by atoms with Gasteiger partial charge in [0.2, 0.25) is 11.8 Å². The van der Waals surface area contributed by atoms with Gasteiger partial charge in [0.15, 0.2) is 0 Å². The third kappa shape index (κ3) is 7.52. The van der Waals surface area contributed by atoms with E-state index in [-0.39, 0.29) is 24.0 Å². The summed E-state index contributed by atoms with van der Waals surface area (Å²) in [6, 6.07) is 8.67. The van der Waals surface area contributed by atoms with E-state index in [1.54, 1.807) is 21.1 Å². The summed E-state index contributed by atoms with van der Waals surface area (Å²) < 4.78 is 11.4. The van der Waals surface area contributed by atoms with E-state index in [0.717, 1.165) is 31.2 Å². The van der Waals surface area contributed by atoms with E-state index >= 15 is 0 Å². The highest BCUT2D eigenvalue weighted by Crippen LogP contribution is 2.28. The molecule has 7 atom stereocenters. The molecule has 0 saturated carbocycles. The molecule has 0 unspecified atom stereocenters. The van der Waals surface area contributed by atoms with Crippen LogP contribution in [0.5, 0.6) is 0 Å². The number of likely N-dealkylation sites (tertiary alicyclic amines) is 1. The minimum atomic E-state index is -0.806. The molecule has 7 heteroatoms. The van der Waals surface area contributed by atoms with Gasteiger partial charge in [-0.25, -0.2) is 0 Å². The first-order valence-corrected chi connectivity index (χ1v) is 12.6. The molecule has 1 aromatic carbocycles. The third-order valence-corrected chi connectivity index (χ3v) is 7.26. The summed E-state index contributed by atoms with van der Waals surface area (Å²) in [5.74, 6) is -0.122. The summed E-state index contributed by atoms with van der Waals surface area (Å²) in [6.45, 7) is 8.60. The van der Waals surface area contributed by atoms with Crippen molar-refractivity contribution in [2.45, 2.75) is 90.2 Å². The van der Waals surface area contributed by atoms with Gasteiger partial charge >= 0.3 is 0 Å². The molecule has 34 heavy (non-hydrogen) atoms. The van der Waals surface area contributed by atoms with Gasteiger partial charge in [-0.3, -0.25) is 9.59 Å². The highest BCUT2D eigenvalue weighted by atomic mass is 16.5. The molecule has 1 aliphatic rings. The van der Waals surface area contributed by atoms with E-state index in [1.165, 1.54) is 0 Å². The first kappa shape index (κ1) is 28.3. The molecule has 2 amide bonds. The number of nitrogens with one attached hydrogen (secondary N) is 1.